The van der Waals surface area contributed by atoms with E-state index in [1.165, 1.54) is 23.0 Å². The molecule has 0 unspecified atom stereocenters. The Morgan fingerprint density at radius 1 is 1.16 bits per heavy atom. The van der Waals surface area contributed by atoms with Crippen molar-refractivity contribution in [3.8, 4) is 0 Å². The maximum Gasteiger partial charge on any atom is 0.416 e. The van der Waals surface area contributed by atoms with Gasteiger partial charge in [0.25, 0.3) is 11.1 Å². The third-order valence-electron chi connectivity index (χ3n) is 6.79. The summed E-state index contributed by atoms with van der Waals surface area (Å²) < 4.78 is 56.7. The number of aromatic nitrogens is 2. The van der Waals surface area contributed by atoms with E-state index >= 15 is 0 Å². The average Bonchev–Trinajstić information content (AvgIpc) is 3.50. The van der Waals surface area contributed by atoms with Gasteiger partial charge in [-0.3, -0.25) is 24.1 Å². The fourth-order valence-corrected chi connectivity index (χ4v) is 5.85. The van der Waals surface area contributed by atoms with Crippen LogP contribution in [0.2, 0.25) is 5.02 Å². The van der Waals surface area contributed by atoms with E-state index in [0.29, 0.717) is 23.0 Å². The van der Waals surface area contributed by atoms with Gasteiger partial charge in [-0.1, -0.05) is 23.7 Å². The minimum atomic E-state index is -4.56. The van der Waals surface area contributed by atoms with E-state index < -0.39 is 35.1 Å². The molecule has 200 valence electrons. The number of fused-ring (bicyclic) bond motifs is 1. The number of nitrogens with zero attached hydrogens (tertiary/aromatic N) is 4. The molecule has 2 atom stereocenters. The Bertz CT molecular complexity index is 1450. The zero-order valence-corrected chi connectivity index (χ0v) is 21.9. The lowest BCUT2D eigenvalue weighted by atomic mass is 10.1. The van der Waals surface area contributed by atoms with Crippen LogP contribution in [-0.4, -0.2) is 62.1 Å². The summed E-state index contributed by atoms with van der Waals surface area (Å²) in [4.78, 5) is 28.8. The monoisotopic (exact) mass is 566 g/mol. The fraction of sp³-hybridized carbons (Fsp3) is 0.346. The summed E-state index contributed by atoms with van der Waals surface area (Å²) in [5.74, 6) is -0.531. The maximum atomic E-state index is 14.7. The summed E-state index contributed by atoms with van der Waals surface area (Å²) in [6.45, 7) is 4.22. The molecule has 0 bridgehead atoms. The van der Waals surface area contributed by atoms with E-state index in [2.05, 4.69) is 5.10 Å². The van der Waals surface area contributed by atoms with Gasteiger partial charge in [0, 0.05) is 29.5 Å². The molecule has 0 spiro atoms. The normalized spacial score (nSPS) is 22.1. The predicted octanol–water partition coefficient (Wildman–Crippen LogP) is 6.22. The Morgan fingerprint density at radius 2 is 1.92 bits per heavy atom. The number of benzene rings is 2. The van der Waals surface area contributed by atoms with Crippen molar-refractivity contribution in [2.45, 2.75) is 44.8 Å². The molecule has 3 aromatic rings. The van der Waals surface area contributed by atoms with Gasteiger partial charge in [0.2, 0.25) is 0 Å². The molecule has 6 nitrogen and oxygen atoms in total. The van der Waals surface area contributed by atoms with Gasteiger partial charge in [-0.15, -0.1) is 0 Å². The number of likely N-dealkylation sites (tertiary alicyclic amines) is 1. The van der Waals surface area contributed by atoms with Crippen LogP contribution in [0, 0.1) is 0 Å². The predicted molar refractivity (Wildman–Crippen MR) is 138 cm³/mol. The largest absolute Gasteiger partial charge is 0.416 e. The fourth-order valence-electron chi connectivity index (χ4n) is 4.79. The summed E-state index contributed by atoms with van der Waals surface area (Å²) in [7, 11) is 0. The summed E-state index contributed by atoms with van der Waals surface area (Å²) in [6.07, 6.45) is -2.79. The highest BCUT2D eigenvalue weighted by molar-refractivity contribution is 8.18. The highest BCUT2D eigenvalue weighted by Gasteiger charge is 2.47. The number of thioether (sulfide) groups is 1. The number of carbonyl (C=O) groups is 2. The molecule has 38 heavy (non-hydrogen) atoms. The quantitative estimate of drug-likeness (QED) is 0.271. The molecule has 0 saturated carbocycles. The van der Waals surface area contributed by atoms with Gasteiger partial charge < -0.3 is 0 Å². The van der Waals surface area contributed by atoms with Crippen LogP contribution in [0.5, 0.6) is 0 Å². The van der Waals surface area contributed by atoms with Crippen molar-refractivity contribution in [1.82, 2.24) is 19.6 Å². The van der Waals surface area contributed by atoms with Crippen LogP contribution in [0.4, 0.5) is 22.4 Å². The second-order valence-electron chi connectivity index (χ2n) is 9.60. The molecule has 5 rings (SSSR count). The number of hydrogen-bond donors (Lipinski definition) is 0. The Labute approximate surface area is 225 Å². The molecule has 3 heterocycles. The molecule has 2 aliphatic rings. The van der Waals surface area contributed by atoms with Gasteiger partial charge in [0.05, 0.1) is 34.8 Å². The second kappa shape index (κ2) is 10.0. The lowest BCUT2D eigenvalue weighted by Gasteiger charge is -2.23. The number of alkyl halides is 4. The second-order valence-corrected chi connectivity index (χ2v) is 11.0. The van der Waals surface area contributed by atoms with Gasteiger partial charge in [-0.25, -0.2) is 4.39 Å². The number of halogens is 5. The molecule has 2 amide bonds. The first kappa shape index (κ1) is 26.7. The van der Waals surface area contributed by atoms with Crippen LogP contribution >= 0.6 is 23.4 Å². The number of carbonyl (C=O) groups excluding carboxylic acids is 2. The molecular formula is C26H23ClF4N4O2S. The van der Waals surface area contributed by atoms with Gasteiger partial charge in [-0.2, -0.15) is 18.3 Å². The highest BCUT2D eigenvalue weighted by Crippen LogP contribution is 2.37. The molecule has 0 aliphatic carbocycles. The molecule has 12 heteroatoms. The van der Waals surface area contributed by atoms with Crippen molar-refractivity contribution in [2.75, 3.05) is 13.1 Å². The smallest absolute Gasteiger partial charge is 0.296 e. The lowest BCUT2D eigenvalue weighted by molar-refractivity contribution is -0.138. The topological polar surface area (TPSA) is 58.4 Å². The maximum absolute atomic E-state index is 14.7. The minimum Gasteiger partial charge on any atom is -0.296 e. The van der Waals surface area contributed by atoms with E-state index in [4.69, 9.17) is 11.6 Å². The first-order chi connectivity index (χ1) is 17.9. The van der Waals surface area contributed by atoms with E-state index in [1.54, 1.807) is 24.3 Å². The van der Waals surface area contributed by atoms with E-state index in [1.807, 2.05) is 18.7 Å². The van der Waals surface area contributed by atoms with E-state index in [-0.39, 0.29) is 34.6 Å². The molecule has 2 aromatic carbocycles. The van der Waals surface area contributed by atoms with Crippen molar-refractivity contribution in [1.29, 1.82) is 0 Å². The first-order valence-corrected chi connectivity index (χ1v) is 13.1. The lowest BCUT2D eigenvalue weighted by Crippen LogP contribution is -2.44. The van der Waals surface area contributed by atoms with Crippen molar-refractivity contribution < 1.29 is 27.2 Å². The van der Waals surface area contributed by atoms with Crippen LogP contribution in [0.3, 0.4) is 0 Å². The van der Waals surface area contributed by atoms with Gasteiger partial charge in [0.1, 0.15) is 6.17 Å². The SMILES string of the molecule is CC(C)N1C[C@@H](F)[C@@H](N2C(=O)SC(=Cc3ccc4c(cnn4Cc4ccc(Cl)cc4C(F)(F)F)c3)C2=O)C1. The van der Waals surface area contributed by atoms with Gasteiger partial charge >= 0.3 is 6.18 Å². The zero-order chi connectivity index (χ0) is 27.4. The van der Waals surface area contributed by atoms with Crippen LogP contribution in [0.25, 0.3) is 17.0 Å². The van der Waals surface area contributed by atoms with Crippen LogP contribution in [-0.2, 0) is 17.5 Å². The Kier molecular flexibility index (Phi) is 7.04. The summed E-state index contributed by atoms with van der Waals surface area (Å²) >= 11 is 6.55. The zero-order valence-electron chi connectivity index (χ0n) is 20.4. The number of rotatable bonds is 5. The molecule has 1 aromatic heterocycles. The van der Waals surface area contributed by atoms with Crippen molar-refractivity contribution in [3.05, 3.63) is 69.2 Å². The molecule has 0 radical (unpaired) electrons. The van der Waals surface area contributed by atoms with E-state index in [0.717, 1.165) is 22.7 Å². The molecule has 2 aliphatic heterocycles. The minimum absolute atomic E-state index is 0.00679. The van der Waals surface area contributed by atoms with E-state index in [9.17, 15) is 27.2 Å². The van der Waals surface area contributed by atoms with Crippen molar-refractivity contribution in [2.24, 2.45) is 0 Å². The average molecular weight is 567 g/mol. The number of amides is 2. The van der Waals surface area contributed by atoms with Crippen molar-refractivity contribution in [3.63, 3.8) is 0 Å². The molecule has 2 fully saturated rings. The standard InChI is InChI=1S/C26H23ClF4N4O2S/c1-14(2)33-12-20(28)22(13-33)35-24(36)23(38-25(35)37)8-15-3-6-21-17(7-15)10-32-34(21)11-16-4-5-18(27)9-19(16)26(29,30)31/h3-10,14,20,22H,11-13H2,1-2H3/t20-,22+/m1/s1. The Balaban J connectivity index is 1.38. The third-order valence-corrected chi connectivity index (χ3v) is 7.91. The summed E-state index contributed by atoms with van der Waals surface area (Å²) in [5, 5.41) is 4.38. The van der Waals surface area contributed by atoms with Gasteiger partial charge in [-0.05, 0) is 67.1 Å². The number of imide groups is 1. The van der Waals surface area contributed by atoms with Gasteiger partial charge in [0.15, 0.2) is 0 Å². The molecule has 2 saturated heterocycles. The number of hydrogen-bond acceptors (Lipinski definition) is 5. The van der Waals surface area contributed by atoms with Crippen LogP contribution in [0.15, 0.2) is 47.5 Å². The Hall–Kier alpha value is -2.89. The molecular weight excluding hydrogens is 544 g/mol. The first-order valence-electron chi connectivity index (χ1n) is 11.9. The summed E-state index contributed by atoms with van der Waals surface area (Å²) in [5.41, 5.74) is 0.407. The molecule has 0 N–H and O–H groups in total. The van der Waals surface area contributed by atoms with Crippen LogP contribution < -0.4 is 0 Å². The van der Waals surface area contributed by atoms with Crippen LogP contribution in [0.1, 0.15) is 30.5 Å². The Morgan fingerprint density at radius 3 is 2.61 bits per heavy atom. The highest BCUT2D eigenvalue weighted by atomic mass is 35.5. The summed E-state index contributed by atoms with van der Waals surface area (Å²) in [6, 6.07) is 8.01. The third kappa shape index (κ3) is 5.06. The van der Waals surface area contributed by atoms with Crippen molar-refractivity contribution >= 4 is 51.5 Å².